The van der Waals surface area contributed by atoms with Crippen molar-refractivity contribution in [3.05, 3.63) is 28.2 Å². The number of carbonyl (C=O) groups is 1. The maximum Gasteiger partial charge on any atom is 0.282 e. The summed E-state index contributed by atoms with van der Waals surface area (Å²) in [5.74, 6) is 0.0328. The highest BCUT2D eigenvalue weighted by Gasteiger charge is 2.23. The Morgan fingerprint density at radius 1 is 1.32 bits per heavy atom. The summed E-state index contributed by atoms with van der Waals surface area (Å²) in [6.07, 6.45) is 0. The number of rotatable bonds is 1. The third kappa shape index (κ3) is 2.59. The van der Waals surface area contributed by atoms with Gasteiger partial charge in [-0.3, -0.25) is 4.79 Å². The minimum atomic E-state index is 0.0328. The highest BCUT2D eigenvalue weighted by molar-refractivity contribution is 7.20. The molecule has 1 aliphatic rings. The maximum atomic E-state index is 12.4. The first-order valence-corrected chi connectivity index (χ1v) is 7.37. The SMILES string of the molecule is CN1CCN(C(=O)c2nc3cc(Cl)ccc3s2)CC1. The van der Waals surface area contributed by atoms with Crippen molar-refractivity contribution in [1.29, 1.82) is 0 Å². The van der Waals surface area contributed by atoms with E-state index in [0.717, 1.165) is 36.4 Å². The summed E-state index contributed by atoms with van der Waals surface area (Å²) in [5.41, 5.74) is 0.801. The quantitative estimate of drug-likeness (QED) is 0.810. The molecule has 19 heavy (non-hydrogen) atoms. The van der Waals surface area contributed by atoms with Crippen LogP contribution in [0.5, 0.6) is 0 Å². The molecule has 1 amide bonds. The van der Waals surface area contributed by atoms with Crippen LogP contribution in [-0.4, -0.2) is 53.9 Å². The number of aromatic nitrogens is 1. The molecule has 0 aliphatic carbocycles. The minimum absolute atomic E-state index is 0.0328. The summed E-state index contributed by atoms with van der Waals surface area (Å²) >= 11 is 7.37. The lowest BCUT2D eigenvalue weighted by molar-refractivity contribution is 0.0664. The van der Waals surface area contributed by atoms with Gasteiger partial charge in [0, 0.05) is 31.2 Å². The van der Waals surface area contributed by atoms with E-state index in [4.69, 9.17) is 11.6 Å². The van der Waals surface area contributed by atoms with Gasteiger partial charge in [-0.2, -0.15) is 0 Å². The molecule has 3 rings (SSSR count). The molecular weight excluding hydrogens is 282 g/mol. The summed E-state index contributed by atoms with van der Waals surface area (Å²) in [5, 5.41) is 1.21. The Kier molecular flexibility index (Phi) is 3.43. The second kappa shape index (κ2) is 5.07. The van der Waals surface area contributed by atoms with Gasteiger partial charge in [-0.05, 0) is 25.2 Å². The third-order valence-corrected chi connectivity index (χ3v) is 4.58. The van der Waals surface area contributed by atoms with E-state index in [2.05, 4.69) is 16.9 Å². The Bertz CT molecular complexity index is 619. The Balaban J connectivity index is 1.85. The fourth-order valence-corrected chi connectivity index (χ4v) is 3.22. The van der Waals surface area contributed by atoms with Crippen molar-refractivity contribution >= 4 is 39.1 Å². The average molecular weight is 296 g/mol. The molecule has 4 nitrogen and oxygen atoms in total. The molecule has 0 saturated carbocycles. The number of nitrogens with zero attached hydrogens (tertiary/aromatic N) is 3. The van der Waals surface area contributed by atoms with Gasteiger partial charge in [0.05, 0.1) is 10.2 Å². The highest BCUT2D eigenvalue weighted by Crippen LogP contribution is 2.25. The van der Waals surface area contributed by atoms with E-state index in [1.807, 2.05) is 17.0 Å². The van der Waals surface area contributed by atoms with Crippen molar-refractivity contribution in [2.75, 3.05) is 33.2 Å². The van der Waals surface area contributed by atoms with Crippen LogP contribution in [0.1, 0.15) is 9.80 Å². The number of thiazole rings is 1. The molecule has 2 aromatic rings. The van der Waals surface area contributed by atoms with Crippen molar-refractivity contribution in [1.82, 2.24) is 14.8 Å². The Morgan fingerprint density at radius 2 is 2.05 bits per heavy atom. The molecule has 6 heteroatoms. The number of likely N-dealkylation sites (N-methyl/N-ethyl adjacent to an activating group) is 1. The first-order chi connectivity index (χ1) is 9.13. The van der Waals surface area contributed by atoms with Crippen LogP contribution in [0.2, 0.25) is 5.02 Å². The normalized spacial score (nSPS) is 17.1. The average Bonchev–Trinajstić information content (AvgIpc) is 2.81. The van der Waals surface area contributed by atoms with E-state index in [1.165, 1.54) is 11.3 Å². The van der Waals surface area contributed by atoms with Gasteiger partial charge >= 0.3 is 0 Å². The Morgan fingerprint density at radius 3 is 2.79 bits per heavy atom. The summed E-state index contributed by atoms with van der Waals surface area (Å²) in [6.45, 7) is 3.38. The van der Waals surface area contributed by atoms with E-state index in [9.17, 15) is 4.79 Å². The molecule has 1 saturated heterocycles. The van der Waals surface area contributed by atoms with Crippen molar-refractivity contribution in [2.24, 2.45) is 0 Å². The van der Waals surface area contributed by atoms with Crippen LogP contribution in [0, 0.1) is 0 Å². The fraction of sp³-hybridized carbons (Fsp3) is 0.385. The second-order valence-electron chi connectivity index (χ2n) is 4.73. The molecule has 1 aromatic heterocycles. The van der Waals surface area contributed by atoms with Crippen molar-refractivity contribution in [2.45, 2.75) is 0 Å². The van der Waals surface area contributed by atoms with Crippen molar-refractivity contribution in [3.8, 4) is 0 Å². The second-order valence-corrected chi connectivity index (χ2v) is 6.19. The summed E-state index contributed by atoms with van der Waals surface area (Å²) in [4.78, 5) is 20.9. The van der Waals surface area contributed by atoms with Crippen LogP contribution in [-0.2, 0) is 0 Å². The van der Waals surface area contributed by atoms with Crippen molar-refractivity contribution < 1.29 is 4.79 Å². The molecule has 1 aromatic carbocycles. The van der Waals surface area contributed by atoms with Crippen LogP contribution in [0.3, 0.4) is 0 Å². The lowest BCUT2D eigenvalue weighted by Gasteiger charge is -2.31. The lowest BCUT2D eigenvalue weighted by Crippen LogP contribution is -2.47. The number of hydrogen-bond acceptors (Lipinski definition) is 4. The van der Waals surface area contributed by atoms with Gasteiger partial charge in [0.2, 0.25) is 0 Å². The van der Waals surface area contributed by atoms with Crippen LogP contribution < -0.4 is 0 Å². The molecule has 0 bridgehead atoms. The monoisotopic (exact) mass is 295 g/mol. The molecule has 1 aliphatic heterocycles. The van der Waals surface area contributed by atoms with E-state index in [-0.39, 0.29) is 5.91 Å². The molecule has 2 heterocycles. The lowest BCUT2D eigenvalue weighted by atomic mass is 10.3. The zero-order chi connectivity index (χ0) is 13.4. The van der Waals surface area contributed by atoms with Crippen LogP contribution in [0.15, 0.2) is 18.2 Å². The van der Waals surface area contributed by atoms with Gasteiger partial charge in [-0.15, -0.1) is 11.3 Å². The van der Waals surface area contributed by atoms with Gasteiger partial charge in [0.25, 0.3) is 5.91 Å². The number of carbonyl (C=O) groups excluding carboxylic acids is 1. The first-order valence-electron chi connectivity index (χ1n) is 6.17. The molecule has 0 atom stereocenters. The number of piperazine rings is 1. The standard InChI is InChI=1S/C13H14ClN3OS/c1-16-4-6-17(7-5-16)13(18)12-15-10-8-9(14)2-3-11(10)19-12/h2-3,8H,4-7H2,1H3. The molecule has 0 N–H and O–H groups in total. The topological polar surface area (TPSA) is 36.4 Å². The fourth-order valence-electron chi connectivity index (χ4n) is 2.14. The van der Waals surface area contributed by atoms with E-state index in [0.29, 0.717) is 10.0 Å². The number of hydrogen-bond donors (Lipinski definition) is 0. The molecule has 0 unspecified atom stereocenters. The maximum absolute atomic E-state index is 12.4. The molecule has 100 valence electrons. The predicted molar refractivity (Wildman–Crippen MR) is 78.0 cm³/mol. The number of amides is 1. The van der Waals surface area contributed by atoms with E-state index < -0.39 is 0 Å². The van der Waals surface area contributed by atoms with Gasteiger partial charge in [-0.25, -0.2) is 4.98 Å². The minimum Gasteiger partial charge on any atom is -0.334 e. The summed E-state index contributed by atoms with van der Waals surface area (Å²) in [6, 6.07) is 5.54. The zero-order valence-corrected chi connectivity index (χ0v) is 12.2. The van der Waals surface area contributed by atoms with Gasteiger partial charge in [0.15, 0.2) is 5.01 Å². The molecule has 0 spiro atoms. The van der Waals surface area contributed by atoms with Gasteiger partial charge in [0.1, 0.15) is 0 Å². The predicted octanol–water partition coefficient (Wildman–Crippen LogP) is 2.34. The third-order valence-electron chi connectivity index (χ3n) is 3.32. The highest BCUT2D eigenvalue weighted by atomic mass is 35.5. The first kappa shape index (κ1) is 12.8. The molecule has 1 fully saturated rings. The smallest absolute Gasteiger partial charge is 0.282 e. The summed E-state index contributed by atoms with van der Waals surface area (Å²) in [7, 11) is 2.07. The van der Waals surface area contributed by atoms with Crippen LogP contribution in [0.4, 0.5) is 0 Å². The van der Waals surface area contributed by atoms with Crippen LogP contribution in [0.25, 0.3) is 10.2 Å². The number of halogens is 1. The van der Waals surface area contributed by atoms with Crippen LogP contribution >= 0.6 is 22.9 Å². The Hall–Kier alpha value is -1.17. The van der Waals surface area contributed by atoms with Crippen molar-refractivity contribution in [3.63, 3.8) is 0 Å². The van der Waals surface area contributed by atoms with E-state index in [1.54, 1.807) is 6.07 Å². The zero-order valence-electron chi connectivity index (χ0n) is 10.6. The van der Waals surface area contributed by atoms with Gasteiger partial charge < -0.3 is 9.80 Å². The number of fused-ring (bicyclic) bond motifs is 1. The molecular formula is C13H14ClN3OS. The Labute approximate surface area is 120 Å². The summed E-state index contributed by atoms with van der Waals surface area (Å²) < 4.78 is 1.00. The van der Waals surface area contributed by atoms with E-state index >= 15 is 0 Å². The van der Waals surface area contributed by atoms with Gasteiger partial charge in [-0.1, -0.05) is 11.6 Å². The molecule has 0 radical (unpaired) electrons. The largest absolute Gasteiger partial charge is 0.334 e. The number of benzene rings is 1.